The zero-order valence-corrected chi connectivity index (χ0v) is 22.3. The predicted molar refractivity (Wildman–Crippen MR) is 140 cm³/mol. The summed E-state index contributed by atoms with van der Waals surface area (Å²) >= 11 is 6.42. The Morgan fingerprint density at radius 2 is 1.85 bits per heavy atom. The van der Waals surface area contributed by atoms with Crippen LogP contribution in [0.2, 0.25) is 5.02 Å². The van der Waals surface area contributed by atoms with Crippen molar-refractivity contribution in [3.8, 4) is 0 Å². The molecule has 1 unspecified atom stereocenters. The number of carbonyl (C=O) groups is 1. The van der Waals surface area contributed by atoms with Crippen molar-refractivity contribution < 1.29 is 4.79 Å². The van der Waals surface area contributed by atoms with Crippen molar-refractivity contribution in [1.29, 1.82) is 0 Å². The van der Waals surface area contributed by atoms with Crippen LogP contribution in [0.4, 0.5) is 5.69 Å². The molecule has 0 aliphatic heterocycles. The number of rotatable bonds is 8. The second kappa shape index (κ2) is 11.0. The van der Waals surface area contributed by atoms with E-state index in [1.165, 1.54) is 30.4 Å². The number of halogens is 1. The second-order valence-corrected chi connectivity index (χ2v) is 10.7. The molecule has 1 saturated carbocycles. The Labute approximate surface area is 208 Å². The monoisotopic (exact) mass is 489 g/mol. The van der Waals surface area contributed by atoms with E-state index in [0.29, 0.717) is 28.1 Å². The smallest absolute Gasteiger partial charge is 0.271 e. The number of aromatic nitrogens is 2. The third-order valence-electron chi connectivity index (χ3n) is 7.36. The Balaban J connectivity index is 1.72. The number of amides is 1. The minimum Gasteiger partial charge on any atom is -0.382 e. The number of benzene rings is 1. The Kier molecular flexibility index (Phi) is 8.52. The summed E-state index contributed by atoms with van der Waals surface area (Å²) in [5.41, 5.74) is 3.59. The first kappa shape index (κ1) is 26.4. The lowest BCUT2D eigenvalue weighted by Gasteiger charge is -2.36. The largest absolute Gasteiger partial charge is 0.382 e. The molecule has 1 aliphatic carbocycles. The number of aromatic amines is 1. The maximum atomic E-state index is 13.1. The molecular formula is C26H40ClN5O2. The van der Waals surface area contributed by atoms with E-state index in [1.54, 1.807) is 13.1 Å². The molecule has 1 heterocycles. The summed E-state index contributed by atoms with van der Waals surface area (Å²) < 4.78 is 1.46. The van der Waals surface area contributed by atoms with Crippen LogP contribution in [0.3, 0.4) is 0 Å². The molecule has 0 bridgehead atoms. The standard InChI is InChI=1S/C26H40ClN5O2/c1-15(2)24-22(26(34)32(7)30-24)14-28-25(33)21-12-19(27)13-23(16(21)3)29-17(4)18-8-10-20(11-9-18)31(5)6/h12-13,15,17-18,20,29-30H,8-11,14H2,1-7H3,(H,28,33). The van der Waals surface area contributed by atoms with Gasteiger partial charge in [-0.3, -0.25) is 19.4 Å². The molecular weight excluding hydrogens is 450 g/mol. The van der Waals surface area contributed by atoms with E-state index in [4.69, 9.17) is 11.6 Å². The fraction of sp³-hybridized carbons (Fsp3) is 0.615. The Bertz CT molecular complexity index is 1060. The van der Waals surface area contributed by atoms with E-state index in [9.17, 15) is 9.59 Å². The summed E-state index contributed by atoms with van der Waals surface area (Å²) in [5, 5.41) is 10.2. The minimum atomic E-state index is -0.236. The topological polar surface area (TPSA) is 82.2 Å². The lowest BCUT2D eigenvalue weighted by atomic mass is 9.81. The molecule has 0 spiro atoms. The van der Waals surface area contributed by atoms with Crippen molar-refractivity contribution in [3.05, 3.63) is 49.9 Å². The number of H-pyrrole nitrogens is 1. The van der Waals surface area contributed by atoms with E-state index in [0.717, 1.165) is 16.9 Å². The van der Waals surface area contributed by atoms with Crippen LogP contribution in [-0.2, 0) is 13.6 Å². The predicted octanol–water partition coefficient (Wildman–Crippen LogP) is 4.65. The van der Waals surface area contributed by atoms with Gasteiger partial charge in [-0.15, -0.1) is 0 Å². The van der Waals surface area contributed by atoms with Gasteiger partial charge in [0.2, 0.25) is 0 Å². The molecule has 1 aliphatic rings. The van der Waals surface area contributed by atoms with Crippen molar-refractivity contribution in [2.75, 3.05) is 19.4 Å². The number of aryl methyl sites for hydroxylation is 1. The summed E-state index contributed by atoms with van der Waals surface area (Å²) in [6, 6.07) is 4.55. The molecule has 188 valence electrons. The highest BCUT2D eigenvalue weighted by molar-refractivity contribution is 6.31. The molecule has 34 heavy (non-hydrogen) atoms. The molecule has 1 aromatic heterocycles. The van der Waals surface area contributed by atoms with E-state index in [1.807, 2.05) is 26.8 Å². The molecule has 8 heteroatoms. The van der Waals surface area contributed by atoms with Gasteiger partial charge in [-0.25, -0.2) is 0 Å². The van der Waals surface area contributed by atoms with Gasteiger partial charge in [-0.05, 0) is 83.2 Å². The van der Waals surface area contributed by atoms with Gasteiger partial charge >= 0.3 is 0 Å². The van der Waals surface area contributed by atoms with Crippen LogP contribution in [0.1, 0.15) is 79.6 Å². The van der Waals surface area contributed by atoms with Crippen LogP contribution in [0.15, 0.2) is 16.9 Å². The van der Waals surface area contributed by atoms with Crippen LogP contribution in [0.25, 0.3) is 0 Å². The highest BCUT2D eigenvalue weighted by atomic mass is 35.5. The van der Waals surface area contributed by atoms with Crippen molar-refractivity contribution in [2.45, 2.75) is 77.9 Å². The molecule has 2 aromatic rings. The van der Waals surface area contributed by atoms with Gasteiger partial charge < -0.3 is 15.5 Å². The van der Waals surface area contributed by atoms with Gasteiger partial charge in [0.05, 0.1) is 12.1 Å². The van der Waals surface area contributed by atoms with Gasteiger partial charge in [0.25, 0.3) is 11.5 Å². The van der Waals surface area contributed by atoms with E-state index >= 15 is 0 Å². The summed E-state index contributed by atoms with van der Waals surface area (Å²) in [5.74, 6) is 0.505. The molecule has 1 aromatic carbocycles. The van der Waals surface area contributed by atoms with Gasteiger partial charge in [-0.2, -0.15) is 0 Å². The van der Waals surface area contributed by atoms with Crippen LogP contribution in [-0.4, -0.2) is 46.8 Å². The third-order valence-corrected chi connectivity index (χ3v) is 7.58. The summed E-state index contributed by atoms with van der Waals surface area (Å²) in [6.07, 6.45) is 4.80. The number of hydrogen-bond acceptors (Lipinski definition) is 4. The Morgan fingerprint density at radius 3 is 2.44 bits per heavy atom. The summed E-state index contributed by atoms with van der Waals surface area (Å²) in [6.45, 7) is 8.37. The van der Waals surface area contributed by atoms with Crippen LogP contribution >= 0.6 is 11.6 Å². The van der Waals surface area contributed by atoms with Gasteiger partial charge in [0.1, 0.15) is 0 Å². The maximum absolute atomic E-state index is 13.1. The average molecular weight is 490 g/mol. The molecule has 3 rings (SSSR count). The highest BCUT2D eigenvalue weighted by Crippen LogP contribution is 2.32. The number of nitrogens with zero attached hydrogens (tertiary/aromatic N) is 2. The Hall–Kier alpha value is -2.25. The number of nitrogens with one attached hydrogen (secondary N) is 3. The molecule has 0 saturated heterocycles. The zero-order chi connectivity index (χ0) is 25.2. The van der Waals surface area contributed by atoms with Gasteiger partial charge in [-0.1, -0.05) is 25.4 Å². The van der Waals surface area contributed by atoms with E-state index in [2.05, 4.69) is 41.7 Å². The quantitative estimate of drug-likeness (QED) is 0.504. The second-order valence-electron chi connectivity index (χ2n) is 10.3. The van der Waals surface area contributed by atoms with Crippen molar-refractivity contribution in [3.63, 3.8) is 0 Å². The first-order valence-corrected chi connectivity index (χ1v) is 12.7. The number of hydrogen-bond donors (Lipinski definition) is 3. The highest BCUT2D eigenvalue weighted by Gasteiger charge is 2.27. The first-order chi connectivity index (χ1) is 16.0. The fourth-order valence-electron chi connectivity index (χ4n) is 5.07. The SMILES string of the molecule is Cc1c(NC(C)C2CCC(N(C)C)CC2)cc(Cl)cc1C(=O)NCc1c(C(C)C)[nH]n(C)c1=O. The summed E-state index contributed by atoms with van der Waals surface area (Å²) in [4.78, 5) is 27.9. The maximum Gasteiger partial charge on any atom is 0.271 e. The fourth-order valence-corrected chi connectivity index (χ4v) is 5.29. The van der Waals surface area contributed by atoms with E-state index < -0.39 is 0 Å². The van der Waals surface area contributed by atoms with Crippen molar-refractivity contribution in [1.82, 2.24) is 20.0 Å². The van der Waals surface area contributed by atoms with Crippen molar-refractivity contribution in [2.24, 2.45) is 13.0 Å². The first-order valence-electron chi connectivity index (χ1n) is 12.3. The lowest BCUT2D eigenvalue weighted by molar-refractivity contribution is 0.0950. The third kappa shape index (κ3) is 5.87. The normalized spacial score (nSPS) is 19.5. The van der Waals surface area contributed by atoms with E-state index in [-0.39, 0.29) is 30.0 Å². The molecule has 0 radical (unpaired) electrons. The van der Waals surface area contributed by atoms with Crippen molar-refractivity contribution >= 4 is 23.2 Å². The molecule has 7 nitrogen and oxygen atoms in total. The molecule has 1 fully saturated rings. The van der Waals surface area contributed by atoms with Gasteiger partial charge in [0, 0.05) is 41.1 Å². The van der Waals surface area contributed by atoms with Crippen LogP contribution in [0, 0.1) is 12.8 Å². The zero-order valence-electron chi connectivity index (χ0n) is 21.6. The summed E-state index contributed by atoms with van der Waals surface area (Å²) in [7, 11) is 6.00. The molecule has 1 amide bonds. The lowest BCUT2D eigenvalue weighted by Crippen LogP contribution is -2.36. The van der Waals surface area contributed by atoms with Gasteiger partial charge in [0.15, 0.2) is 0 Å². The average Bonchev–Trinajstić information content (AvgIpc) is 3.08. The van der Waals surface area contributed by atoms with Crippen LogP contribution in [0.5, 0.6) is 0 Å². The minimum absolute atomic E-state index is 0.119. The number of carbonyl (C=O) groups excluding carboxylic acids is 1. The molecule has 3 N–H and O–H groups in total. The number of anilines is 1. The van der Waals surface area contributed by atoms with Crippen LogP contribution < -0.4 is 16.2 Å². The molecule has 1 atom stereocenters. The Morgan fingerprint density at radius 1 is 1.21 bits per heavy atom.